The minimum absolute atomic E-state index is 1.16. The third-order valence-electron chi connectivity index (χ3n) is 5.89. The summed E-state index contributed by atoms with van der Waals surface area (Å²) < 4.78 is 0. The molecule has 0 aliphatic heterocycles. The highest BCUT2D eigenvalue weighted by atomic mass is 14.7. The molecule has 0 aromatic rings. The predicted octanol–water partition coefficient (Wildman–Crippen LogP) is 3.71. The molecule has 6 unspecified atom stereocenters. The maximum absolute atomic E-state index is 2.37. The first-order valence-corrected chi connectivity index (χ1v) is 6.90. The summed E-state index contributed by atoms with van der Waals surface area (Å²) in [5, 5.41) is 0. The SMILES string of the molecule is CCCC1CC2C3C(C4CC4)CC1C23. The standard InChI is InChI=1S/C14H22/c1-2-3-9-6-12-13-10(8-4-5-8)7-11(9)14(12)13/h8-14H,2-7H2,1H3. The molecule has 0 nitrogen and oxygen atoms in total. The Kier molecular flexibility index (Phi) is 1.50. The largest absolute Gasteiger partial charge is 0.0654 e. The van der Waals surface area contributed by atoms with Crippen molar-refractivity contribution in [2.75, 3.05) is 0 Å². The zero-order chi connectivity index (χ0) is 9.28. The highest BCUT2D eigenvalue weighted by Crippen LogP contribution is 2.75. The minimum atomic E-state index is 1.16. The summed E-state index contributed by atoms with van der Waals surface area (Å²) in [7, 11) is 0. The van der Waals surface area contributed by atoms with Crippen LogP contribution in [0.4, 0.5) is 0 Å². The fraction of sp³-hybridized carbons (Fsp3) is 1.00. The van der Waals surface area contributed by atoms with Crippen LogP contribution in [-0.2, 0) is 0 Å². The highest BCUT2D eigenvalue weighted by Gasteiger charge is 2.69. The van der Waals surface area contributed by atoms with Gasteiger partial charge in [0.2, 0.25) is 0 Å². The van der Waals surface area contributed by atoms with Crippen LogP contribution in [0, 0.1) is 41.4 Å². The van der Waals surface area contributed by atoms with Gasteiger partial charge < -0.3 is 0 Å². The lowest BCUT2D eigenvalue weighted by molar-refractivity contribution is 0.320. The van der Waals surface area contributed by atoms with E-state index >= 15 is 0 Å². The zero-order valence-electron chi connectivity index (χ0n) is 9.28. The van der Waals surface area contributed by atoms with Crippen LogP contribution in [0.15, 0.2) is 0 Å². The number of fused-ring (bicyclic) bond motifs is 1. The average molecular weight is 190 g/mol. The van der Waals surface area contributed by atoms with Crippen LogP contribution in [0.25, 0.3) is 0 Å². The topological polar surface area (TPSA) is 0 Å². The molecule has 0 aromatic carbocycles. The van der Waals surface area contributed by atoms with Gasteiger partial charge in [-0.25, -0.2) is 0 Å². The molecule has 0 heterocycles. The lowest BCUT2D eigenvalue weighted by Gasteiger charge is -2.18. The normalized spacial score (nSPS) is 58.9. The molecule has 4 fully saturated rings. The van der Waals surface area contributed by atoms with Gasteiger partial charge in [0, 0.05) is 0 Å². The molecule has 0 bridgehead atoms. The molecule has 0 radical (unpaired) electrons. The van der Waals surface area contributed by atoms with Crippen molar-refractivity contribution in [1.82, 2.24) is 0 Å². The van der Waals surface area contributed by atoms with Gasteiger partial charge in [-0.05, 0) is 67.1 Å². The second-order valence-electron chi connectivity index (χ2n) is 6.50. The van der Waals surface area contributed by atoms with Crippen LogP contribution < -0.4 is 0 Å². The van der Waals surface area contributed by atoms with E-state index in [2.05, 4.69) is 6.92 Å². The van der Waals surface area contributed by atoms with Crippen LogP contribution in [0.1, 0.15) is 45.4 Å². The van der Waals surface area contributed by atoms with Gasteiger partial charge in [0.05, 0.1) is 0 Å². The Morgan fingerprint density at radius 2 is 1.71 bits per heavy atom. The van der Waals surface area contributed by atoms with Crippen LogP contribution in [-0.4, -0.2) is 0 Å². The van der Waals surface area contributed by atoms with Crippen LogP contribution in [0.2, 0.25) is 0 Å². The van der Waals surface area contributed by atoms with Gasteiger partial charge in [-0.1, -0.05) is 19.8 Å². The molecule has 0 amide bonds. The molecule has 0 spiro atoms. The molecule has 0 N–H and O–H groups in total. The van der Waals surface area contributed by atoms with Crippen molar-refractivity contribution < 1.29 is 0 Å². The fourth-order valence-electron chi connectivity index (χ4n) is 5.34. The summed E-state index contributed by atoms with van der Waals surface area (Å²) in [5.41, 5.74) is 0. The first-order valence-electron chi connectivity index (χ1n) is 6.90. The van der Waals surface area contributed by atoms with E-state index in [1.165, 1.54) is 41.9 Å². The molecular formula is C14H22. The predicted molar refractivity (Wildman–Crippen MR) is 57.8 cm³/mol. The summed E-state index contributed by atoms with van der Waals surface area (Å²) in [5.74, 6) is 8.52. The van der Waals surface area contributed by atoms with E-state index in [9.17, 15) is 0 Å². The lowest BCUT2D eigenvalue weighted by atomic mass is 9.88. The van der Waals surface area contributed by atoms with Crippen LogP contribution in [0.3, 0.4) is 0 Å². The smallest absolute Gasteiger partial charge is 0.0318 e. The van der Waals surface area contributed by atoms with Gasteiger partial charge in [-0.15, -0.1) is 0 Å². The second-order valence-corrected chi connectivity index (χ2v) is 6.50. The maximum Gasteiger partial charge on any atom is -0.0318 e. The van der Waals surface area contributed by atoms with Crippen molar-refractivity contribution in [3.05, 3.63) is 0 Å². The van der Waals surface area contributed by atoms with Gasteiger partial charge in [-0.3, -0.25) is 0 Å². The maximum atomic E-state index is 2.37. The molecule has 4 saturated carbocycles. The minimum Gasteiger partial charge on any atom is -0.0654 e. The summed E-state index contributed by atoms with van der Waals surface area (Å²) in [6.45, 7) is 2.37. The Labute approximate surface area is 87.5 Å². The average Bonchev–Trinajstić information content (AvgIpc) is 3.05. The van der Waals surface area contributed by atoms with Crippen molar-refractivity contribution >= 4 is 0 Å². The molecule has 6 atom stereocenters. The number of rotatable bonds is 3. The Balaban J connectivity index is 1.52. The first-order chi connectivity index (χ1) is 6.90. The Morgan fingerprint density at radius 1 is 0.929 bits per heavy atom. The molecule has 0 aromatic heterocycles. The van der Waals surface area contributed by atoms with Crippen LogP contribution in [0.5, 0.6) is 0 Å². The quantitative estimate of drug-likeness (QED) is 0.636. The van der Waals surface area contributed by atoms with E-state index in [0.29, 0.717) is 0 Å². The monoisotopic (exact) mass is 190 g/mol. The lowest BCUT2D eigenvalue weighted by Crippen LogP contribution is -2.09. The van der Waals surface area contributed by atoms with Gasteiger partial charge in [0.25, 0.3) is 0 Å². The van der Waals surface area contributed by atoms with E-state index in [1.54, 1.807) is 32.1 Å². The summed E-state index contributed by atoms with van der Waals surface area (Å²) >= 11 is 0. The Bertz CT molecular complexity index is 253. The van der Waals surface area contributed by atoms with Gasteiger partial charge in [-0.2, -0.15) is 0 Å². The van der Waals surface area contributed by atoms with Gasteiger partial charge in [0.15, 0.2) is 0 Å². The van der Waals surface area contributed by atoms with Crippen molar-refractivity contribution in [1.29, 1.82) is 0 Å². The van der Waals surface area contributed by atoms with E-state index < -0.39 is 0 Å². The third kappa shape index (κ3) is 0.907. The molecule has 4 aliphatic rings. The molecular weight excluding hydrogens is 168 g/mol. The highest BCUT2D eigenvalue weighted by molar-refractivity contribution is 5.17. The van der Waals surface area contributed by atoms with Gasteiger partial charge >= 0.3 is 0 Å². The molecule has 78 valence electrons. The van der Waals surface area contributed by atoms with Crippen molar-refractivity contribution in [3.8, 4) is 0 Å². The summed E-state index contributed by atoms with van der Waals surface area (Å²) in [6, 6.07) is 0. The Hall–Kier alpha value is 0. The fourth-order valence-corrected chi connectivity index (χ4v) is 5.34. The summed E-state index contributed by atoms with van der Waals surface area (Å²) in [6.07, 6.45) is 9.44. The van der Waals surface area contributed by atoms with Gasteiger partial charge in [0.1, 0.15) is 0 Å². The molecule has 0 saturated heterocycles. The Morgan fingerprint density at radius 3 is 2.36 bits per heavy atom. The van der Waals surface area contributed by atoms with Crippen molar-refractivity contribution in [3.63, 3.8) is 0 Å². The number of hydrogen-bond acceptors (Lipinski definition) is 0. The van der Waals surface area contributed by atoms with E-state index in [0.717, 1.165) is 5.92 Å². The second kappa shape index (κ2) is 2.57. The molecule has 4 aliphatic carbocycles. The molecule has 14 heavy (non-hydrogen) atoms. The molecule has 4 rings (SSSR count). The van der Waals surface area contributed by atoms with Crippen molar-refractivity contribution in [2.24, 2.45) is 41.4 Å². The zero-order valence-corrected chi connectivity index (χ0v) is 9.28. The number of hydrogen-bond donors (Lipinski definition) is 0. The molecule has 0 heteroatoms. The summed E-state index contributed by atoms with van der Waals surface area (Å²) in [4.78, 5) is 0. The van der Waals surface area contributed by atoms with E-state index in [1.807, 2.05) is 0 Å². The van der Waals surface area contributed by atoms with Crippen LogP contribution >= 0.6 is 0 Å². The first kappa shape index (κ1) is 8.19. The van der Waals surface area contributed by atoms with Crippen molar-refractivity contribution in [2.45, 2.75) is 45.4 Å². The van der Waals surface area contributed by atoms with E-state index in [4.69, 9.17) is 0 Å². The third-order valence-corrected chi connectivity index (χ3v) is 5.89. The van der Waals surface area contributed by atoms with E-state index in [-0.39, 0.29) is 0 Å².